The van der Waals surface area contributed by atoms with E-state index in [-0.39, 0.29) is 0 Å². The van der Waals surface area contributed by atoms with E-state index in [1.165, 1.54) is 0 Å². The second-order valence-corrected chi connectivity index (χ2v) is 5.66. The number of aromatic nitrogens is 2. The molecule has 1 N–H and O–H groups in total. The lowest BCUT2D eigenvalue weighted by atomic mass is 10.3. The van der Waals surface area contributed by atoms with Crippen molar-refractivity contribution in [1.82, 2.24) is 9.97 Å². The van der Waals surface area contributed by atoms with E-state index in [1.807, 2.05) is 19.1 Å². The van der Waals surface area contributed by atoms with Crippen LogP contribution in [0.5, 0.6) is 17.4 Å². The van der Waals surface area contributed by atoms with Gasteiger partial charge >= 0.3 is 0 Å². The maximum Gasteiger partial charge on any atom is 0.227 e. The Bertz CT molecular complexity index is 635. The van der Waals surface area contributed by atoms with Crippen molar-refractivity contribution in [1.29, 1.82) is 0 Å². The van der Waals surface area contributed by atoms with Crippen LogP contribution in [-0.4, -0.2) is 24.1 Å². The maximum absolute atomic E-state index is 5.84. The van der Waals surface area contributed by atoms with E-state index >= 15 is 0 Å². The molecule has 0 unspecified atom stereocenters. The number of benzene rings is 1. The Balaban J connectivity index is 2.37. The Morgan fingerprint density at radius 1 is 1.15 bits per heavy atom. The molecule has 0 bridgehead atoms. The SMILES string of the molecule is CNc1ncc(C)c(Oc2cc(Br)c(OC)cc2Br)n1. The van der Waals surface area contributed by atoms with Crippen LogP contribution in [-0.2, 0) is 0 Å². The summed E-state index contributed by atoms with van der Waals surface area (Å²) in [4.78, 5) is 8.41. The zero-order valence-electron chi connectivity index (χ0n) is 11.2. The van der Waals surface area contributed by atoms with E-state index in [4.69, 9.17) is 9.47 Å². The highest BCUT2D eigenvalue weighted by molar-refractivity contribution is 9.11. The molecule has 1 heterocycles. The van der Waals surface area contributed by atoms with Crippen molar-refractivity contribution >= 4 is 37.8 Å². The average molecular weight is 403 g/mol. The zero-order chi connectivity index (χ0) is 14.7. The number of aryl methyl sites for hydroxylation is 1. The Kier molecular flexibility index (Phi) is 4.82. The zero-order valence-corrected chi connectivity index (χ0v) is 14.4. The van der Waals surface area contributed by atoms with E-state index in [0.717, 1.165) is 20.3 Å². The molecule has 20 heavy (non-hydrogen) atoms. The monoisotopic (exact) mass is 401 g/mol. The third-order valence-electron chi connectivity index (χ3n) is 2.56. The topological polar surface area (TPSA) is 56.3 Å². The number of ether oxygens (including phenoxy) is 2. The quantitative estimate of drug-likeness (QED) is 0.832. The van der Waals surface area contributed by atoms with Gasteiger partial charge < -0.3 is 14.8 Å². The Morgan fingerprint density at radius 3 is 2.45 bits per heavy atom. The van der Waals surface area contributed by atoms with Crippen LogP contribution < -0.4 is 14.8 Å². The molecule has 0 spiro atoms. The van der Waals surface area contributed by atoms with Gasteiger partial charge in [0.05, 0.1) is 16.1 Å². The van der Waals surface area contributed by atoms with Crippen molar-refractivity contribution in [2.45, 2.75) is 6.92 Å². The highest BCUT2D eigenvalue weighted by Gasteiger charge is 2.12. The van der Waals surface area contributed by atoms with Gasteiger partial charge in [0.1, 0.15) is 11.5 Å². The molecule has 0 fully saturated rings. The molecule has 0 aliphatic carbocycles. The van der Waals surface area contributed by atoms with E-state index in [1.54, 1.807) is 20.4 Å². The third-order valence-corrected chi connectivity index (χ3v) is 3.80. The first-order chi connectivity index (χ1) is 9.55. The van der Waals surface area contributed by atoms with Crippen LogP contribution in [0.4, 0.5) is 5.95 Å². The lowest BCUT2D eigenvalue weighted by Crippen LogP contribution is -2.00. The molecule has 0 radical (unpaired) electrons. The predicted octanol–water partition coefficient (Wildman–Crippen LogP) is 4.15. The molecule has 7 heteroatoms. The van der Waals surface area contributed by atoms with Gasteiger partial charge in [-0.05, 0) is 50.9 Å². The van der Waals surface area contributed by atoms with Crippen LogP contribution in [0, 0.1) is 6.92 Å². The molecule has 106 valence electrons. The molecule has 0 saturated carbocycles. The largest absolute Gasteiger partial charge is 0.496 e. The highest BCUT2D eigenvalue weighted by atomic mass is 79.9. The lowest BCUT2D eigenvalue weighted by Gasteiger charge is -2.12. The van der Waals surface area contributed by atoms with Crippen molar-refractivity contribution in [2.75, 3.05) is 19.5 Å². The first-order valence-corrected chi connectivity index (χ1v) is 7.36. The number of anilines is 1. The number of nitrogens with zero attached hydrogens (tertiary/aromatic N) is 2. The minimum absolute atomic E-state index is 0.502. The molecule has 2 aromatic rings. The van der Waals surface area contributed by atoms with Gasteiger partial charge in [-0.2, -0.15) is 4.98 Å². The summed E-state index contributed by atoms with van der Waals surface area (Å²) in [5.41, 5.74) is 0.850. The highest BCUT2D eigenvalue weighted by Crippen LogP contribution is 2.38. The summed E-state index contributed by atoms with van der Waals surface area (Å²) in [6.45, 7) is 1.89. The van der Waals surface area contributed by atoms with Crippen molar-refractivity contribution in [3.63, 3.8) is 0 Å². The lowest BCUT2D eigenvalue weighted by molar-refractivity contribution is 0.408. The summed E-state index contributed by atoms with van der Waals surface area (Å²) >= 11 is 6.89. The fourth-order valence-electron chi connectivity index (χ4n) is 1.50. The summed E-state index contributed by atoms with van der Waals surface area (Å²) in [6.07, 6.45) is 1.71. The van der Waals surface area contributed by atoms with Gasteiger partial charge in [-0.1, -0.05) is 0 Å². The van der Waals surface area contributed by atoms with Crippen molar-refractivity contribution < 1.29 is 9.47 Å². The number of rotatable bonds is 4. The van der Waals surface area contributed by atoms with Gasteiger partial charge in [0, 0.05) is 18.8 Å². The van der Waals surface area contributed by atoms with Crippen LogP contribution in [0.2, 0.25) is 0 Å². The van der Waals surface area contributed by atoms with E-state index < -0.39 is 0 Å². The Morgan fingerprint density at radius 2 is 1.80 bits per heavy atom. The van der Waals surface area contributed by atoms with Gasteiger partial charge in [0.15, 0.2) is 0 Å². The second kappa shape index (κ2) is 6.41. The van der Waals surface area contributed by atoms with E-state index in [9.17, 15) is 0 Å². The van der Waals surface area contributed by atoms with Crippen LogP contribution in [0.3, 0.4) is 0 Å². The number of hydrogen-bond acceptors (Lipinski definition) is 5. The molecule has 1 aromatic carbocycles. The maximum atomic E-state index is 5.84. The number of halogens is 2. The smallest absolute Gasteiger partial charge is 0.227 e. The predicted molar refractivity (Wildman–Crippen MR) is 84.8 cm³/mol. The van der Waals surface area contributed by atoms with Gasteiger partial charge in [-0.15, -0.1) is 0 Å². The van der Waals surface area contributed by atoms with Crippen molar-refractivity contribution in [3.8, 4) is 17.4 Å². The summed E-state index contributed by atoms with van der Waals surface area (Å²) in [5, 5.41) is 2.88. The molecular weight excluding hydrogens is 390 g/mol. The molecular formula is C13H13Br2N3O2. The fourth-order valence-corrected chi connectivity index (χ4v) is 2.39. The van der Waals surface area contributed by atoms with Crippen molar-refractivity contribution in [2.24, 2.45) is 0 Å². The van der Waals surface area contributed by atoms with Crippen LogP contribution in [0.1, 0.15) is 5.56 Å². The molecule has 0 amide bonds. The first-order valence-electron chi connectivity index (χ1n) is 5.77. The van der Waals surface area contributed by atoms with E-state index in [0.29, 0.717) is 17.6 Å². The minimum atomic E-state index is 0.502. The summed E-state index contributed by atoms with van der Waals surface area (Å²) in [5.74, 6) is 2.37. The van der Waals surface area contributed by atoms with E-state index in [2.05, 4.69) is 47.1 Å². The summed E-state index contributed by atoms with van der Waals surface area (Å²) < 4.78 is 12.6. The van der Waals surface area contributed by atoms with Crippen molar-refractivity contribution in [3.05, 3.63) is 32.8 Å². The second-order valence-electron chi connectivity index (χ2n) is 3.95. The number of methoxy groups -OCH3 is 1. The molecule has 2 rings (SSSR count). The molecule has 0 saturated heterocycles. The van der Waals surface area contributed by atoms with Gasteiger partial charge in [0.2, 0.25) is 11.8 Å². The number of hydrogen-bond donors (Lipinski definition) is 1. The average Bonchev–Trinajstić information content (AvgIpc) is 2.44. The van der Waals surface area contributed by atoms with Gasteiger partial charge in [-0.25, -0.2) is 4.98 Å². The third kappa shape index (κ3) is 3.21. The molecule has 0 atom stereocenters. The standard InChI is InChI=1S/C13H13Br2N3O2/c1-7-6-17-13(16-2)18-12(7)20-11-5-8(14)10(19-3)4-9(11)15/h4-6H,1-3H3,(H,16,17,18). The van der Waals surface area contributed by atoms with Gasteiger partial charge in [-0.3, -0.25) is 0 Å². The molecule has 0 aliphatic rings. The van der Waals surface area contributed by atoms with Crippen LogP contribution in [0.15, 0.2) is 27.3 Å². The summed E-state index contributed by atoms with van der Waals surface area (Å²) in [7, 11) is 3.37. The molecule has 1 aromatic heterocycles. The Labute approximate surface area is 134 Å². The van der Waals surface area contributed by atoms with Crippen LogP contribution >= 0.6 is 31.9 Å². The van der Waals surface area contributed by atoms with Gasteiger partial charge in [0.25, 0.3) is 0 Å². The number of nitrogens with one attached hydrogen (secondary N) is 1. The summed E-state index contributed by atoms with van der Waals surface area (Å²) in [6, 6.07) is 3.65. The van der Waals surface area contributed by atoms with Crippen LogP contribution in [0.25, 0.3) is 0 Å². The normalized spacial score (nSPS) is 10.2. The molecule has 5 nitrogen and oxygen atoms in total. The molecule has 0 aliphatic heterocycles. The minimum Gasteiger partial charge on any atom is -0.496 e. The Hall–Kier alpha value is -1.34. The fraction of sp³-hybridized carbons (Fsp3) is 0.231. The first kappa shape index (κ1) is 15.1.